The van der Waals surface area contributed by atoms with Crippen LogP contribution in [0.15, 0.2) is 48.7 Å². The van der Waals surface area contributed by atoms with Gasteiger partial charge in [-0.1, -0.05) is 24.3 Å². The number of fused-ring (bicyclic) bond motifs is 1. The molecule has 0 radical (unpaired) electrons. The van der Waals surface area contributed by atoms with E-state index in [0.717, 1.165) is 27.6 Å². The number of pyridine rings is 1. The van der Waals surface area contributed by atoms with Crippen LogP contribution >= 0.6 is 0 Å². The first-order chi connectivity index (χ1) is 10.1. The van der Waals surface area contributed by atoms with E-state index in [1.807, 2.05) is 43.3 Å². The average molecular weight is 277 g/mol. The summed E-state index contributed by atoms with van der Waals surface area (Å²) in [5, 5.41) is 0.997. The summed E-state index contributed by atoms with van der Waals surface area (Å²) in [6.07, 6.45) is 1.74. The predicted molar refractivity (Wildman–Crippen MR) is 84.8 cm³/mol. The van der Waals surface area contributed by atoms with Crippen LogP contribution in [0.3, 0.4) is 0 Å². The number of amides is 1. The number of carbonyl (C=O) groups is 1. The lowest BCUT2D eigenvalue weighted by atomic mass is 9.93. The van der Waals surface area contributed by atoms with Gasteiger partial charge in [0.15, 0.2) is 0 Å². The van der Waals surface area contributed by atoms with E-state index >= 15 is 0 Å². The van der Waals surface area contributed by atoms with E-state index in [1.54, 1.807) is 12.3 Å². The number of hydrogen-bond donors (Lipinski definition) is 2. The topological polar surface area (TPSA) is 82.0 Å². The number of carbonyl (C=O) groups excluding carboxylic acids is 1. The molecule has 0 fully saturated rings. The number of anilines is 1. The van der Waals surface area contributed by atoms with Crippen LogP contribution in [0.5, 0.6) is 0 Å². The maximum absolute atomic E-state index is 11.5. The maximum Gasteiger partial charge on any atom is 0.250 e. The number of primary amides is 1. The number of nitrogen functional groups attached to an aromatic ring is 1. The molecular weight excluding hydrogens is 262 g/mol. The van der Waals surface area contributed by atoms with Crippen LogP contribution < -0.4 is 11.5 Å². The van der Waals surface area contributed by atoms with Gasteiger partial charge in [0, 0.05) is 17.1 Å². The summed E-state index contributed by atoms with van der Waals surface area (Å²) >= 11 is 0. The zero-order valence-electron chi connectivity index (χ0n) is 11.6. The molecule has 104 valence electrons. The minimum absolute atomic E-state index is 0.344. The standard InChI is InChI=1S/C17H15N3O/c1-10-6-7-13(17(19)21)16(18)15(10)12-8-9-20-14-5-3-2-4-11(12)14/h2-9H,18H2,1H3,(H2,19,21). The van der Waals surface area contributed by atoms with Gasteiger partial charge in [-0.2, -0.15) is 0 Å². The van der Waals surface area contributed by atoms with Crippen LogP contribution in [-0.4, -0.2) is 10.9 Å². The third-order valence-corrected chi connectivity index (χ3v) is 3.64. The van der Waals surface area contributed by atoms with Gasteiger partial charge < -0.3 is 11.5 Å². The highest BCUT2D eigenvalue weighted by Crippen LogP contribution is 2.35. The van der Waals surface area contributed by atoms with Crippen molar-refractivity contribution in [2.24, 2.45) is 5.73 Å². The van der Waals surface area contributed by atoms with Crippen LogP contribution in [0.1, 0.15) is 15.9 Å². The molecule has 4 N–H and O–H groups in total. The molecule has 4 heteroatoms. The zero-order valence-corrected chi connectivity index (χ0v) is 11.6. The molecular formula is C17H15N3O. The summed E-state index contributed by atoms with van der Waals surface area (Å²) in [5.41, 5.74) is 16.0. The highest BCUT2D eigenvalue weighted by atomic mass is 16.1. The van der Waals surface area contributed by atoms with Gasteiger partial charge in [0.25, 0.3) is 5.91 Å². The quantitative estimate of drug-likeness (QED) is 0.706. The Morgan fingerprint density at radius 3 is 2.62 bits per heavy atom. The van der Waals surface area contributed by atoms with Gasteiger partial charge in [-0.15, -0.1) is 0 Å². The second kappa shape index (κ2) is 4.90. The molecule has 21 heavy (non-hydrogen) atoms. The van der Waals surface area contributed by atoms with Crippen molar-refractivity contribution in [1.82, 2.24) is 4.98 Å². The van der Waals surface area contributed by atoms with E-state index in [2.05, 4.69) is 4.98 Å². The fraction of sp³-hybridized carbons (Fsp3) is 0.0588. The number of rotatable bonds is 2. The van der Waals surface area contributed by atoms with Crippen molar-refractivity contribution in [2.75, 3.05) is 5.73 Å². The number of nitrogens with two attached hydrogens (primary N) is 2. The van der Waals surface area contributed by atoms with Gasteiger partial charge in [0.05, 0.1) is 16.8 Å². The number of para-hydroxylation sites is 1. The summed E-state index contributed by atoms with van der Waals surface area (Å²) in [6, 6.07) is 13.3. The normalized spacial score (nSPS) is 10.7. The van der Waals surface area contributed by atoms with Gasteiger partial charge in [0.2, 0.25) is 0 Å². The van der Waals surface area contributed by atoms with E-state index in [0.29, 0.717) is 11.3 Å². The largest absolute Gasteiger partial charge is 0.398 e. The SMILES string of the molecule is Cc1ccc(C(N)=O)c(N)c1-c1ccnc2ccccc12. The van der Waals surface area contributed by atoms with Crippen molar-refractivity contribution in [2.45, 2.75) is 6.92 Å². The summed E-state index contributed by atoms with van der Waals surface area (Å²) in [7, 11) is 0. The summed E-state index contributed by atoms with van der Waals surface area (Å²) < 4.78 is 0. The van der Waals surface area contributed by atoms with Crippen molar-refractivity contribution in [1.29, 1.82) is 0 Å². The Labute approximate surface area is 122 Å². The van der Waals surface area contributed by atoms with Gasteiger partial charge in [0.1, 0.15) is 0 Å². The highest BCUT2D eigenvalue weighted by molar-refractivity contribution is 6.05. The molecule has 3 rings (SSSR count). The smallest absolute Gasteiger partial charge is 0.250 e. The van der Waals surface area contributed by atoms with Crippen molar-refractivity contribution in [3.8, 4) is 11.1 Å². The molecule has 0 spiro atoms. The summed E-state index contributed by atoms with van der Waals surface area (Å²) in [6.45, 7) is 1.96. The van der Waals surface area contributed by atoms with Gasteiger partial charge in [-0.25, -0.2) is 0 Å². The van der Waals surface area contributed by atoms with Crippen molar-refractivity contribution in [3.05, 3.63) is 59.8 Å². The second-order valence-electron chi connectivity index (χ2n) is 4.96. The first-order valence-electron chi connectivity index (χ1n) is 6.62. The first kappa shape index (κ1) is 13.1. The van der Waals surface area contributed by atoms with Gasteiger partial charge >= 0.3 is 0 Å². The Hall–Kier alpha value is -2.88. The van der Waals surface area contributed by atoms with E-state index in [1.165, 1.54) is 0 Å². The van der Waals surface area contributed by atoms with Crippen LogP contribution in [0.2, 0.25) is 0 Å². The average Bonchev–Trinajstić information content (AvgIpc) is 2.47. The predicted octanol–water partition coefficient (Wildman–Crippen LogP) is 2.89. The van der Waals surface area contributed by atoms with Gasteiger partial charge in [-0.3, -0.25) is 9.78 Å². The lowest BCUT2D eigenvalue weighted by Crippen LogP contribution is -2.14. The lowest BCUT2D eigenvalue weighted by molar-refractivity contribution is 0.100. The molecule has 0 atom stereocenters. The lowest BCUT2D eigenvalue weighted by Gasteiger charge is -2.14. The molecule has 0 aliphatic heterocycles. The fourth-order valence-electron chi connectivity index (χ4n) is 2.61. The number of benzene rings is 2. The molecule has 1 aromatic heterocycles. The Morgan fingerprint density at radius 1 is 1.10 bits per heavy atom. The molecule has 0 aliphatic carbocycles. The van der Waals surface area contributed by atoms with Crippen LogP contribution in [0, 0.1) is 6.92 Å². The monoisotopic (exact) mass is 277 g/mol. The van der Waals surface area contributed by atoms with E-state index in [-0.39, 0.29) is 0 Å². The molecule has 1 heterocycles. The van der Waals surface area contributed by atoms with Crippen LogP contribution in [0.4, 0.5) is 5.69 Å². The Kier molecular flexibility index (Phi) is 3.06. The number of aromatic nitrogens is 1. The molecule has 3 aromatic rings. The first-order valence-corrected chi connectivity index (χ1v) is 6.62. The Morgan fingerprint density at radius 2 is 1.86 bits per heavy atom. The van der Waals surface area contributed by atoms with E-state index in [4.69, 9.17) is 11.5 Å². The molecule has 0 unspecified atom stereocenters. The molecule has 0 saturated heterocycles. The molecule has 0 aliphatic rings. The molecule has 0 saturated carbocycles. The molecule has 2 aromatic carbocycles. The summed E-state index contributed by atoms with van der Waals surface area (Å²) in [5.74, 6) is -0.521. The second-order valence-corrected chi connectivity index (χ2v) is 4.96. The highest BCUT2D eigenvalue weighted by Gasteiger charge is 2.15. The number of hydrogen-bond acceptors (Lipinski definition) is 3. The molecule has 4 nitrogen and oxygen atoms in total. The zero-order chi connectivity index (χ0) is 15.0. The number of nitrogens with zero attached hydrogens (tertiary/aromatic N) is 1. The third-order valence-electron chi connectivity index (χ3n) is 3.64. The Balaban J connectivity index is 2.38. The minimum Gasteiger partial charge on any atom is -0.398 e. The van der Waals surface area contributed by atoms with Crippen molar-refractivity contribution >= 4 is 22.5 Å². The fourth-order valence-corrected chi connectivity index (χ4v) is 2.61. The molecule has 1 amide bonds. The van der Waals surface area contributed by atoms with E-state index in [9.17, 15) is 4.79 Å². The molecule has 0 bridgehead atoms. The van der Waals surface area contributed by atoms with Crippen molar-refractivity contribution < 1.29 is 4.79 Å². The van der Waals surface area contributed by atoms with Crippen LogP contribution in [0.25, 0.3) is 22.0 Å². The third kappa shape index (κ3) is 2.10. The van der Waals surface area contributed by atoms with E-state index < -0.39 is 5.91 Å². The minimum atomic E-state index is -0.521. The van der Waals surface area contributed by atoms with Crippen LogP contribution in [-0.2, 0) is 0 Å². The van der Waals surface area contributed by atoms with Crippen molar-refractivity contribution in [3.63, 3.8) is 0 Å². The number of aryl methyl sites for hydroxylation is 1. The maximum atomic E-state index is 11.5. The summed E-state index contributed by atoms with van der Waals surface area (Å²) in [4.78, 5) is 15.9. The van der Waals surface area contributed by atoms with Gasteiger partial charge in [-0.05, 0) is 36.2 Å². The Bertz CT molecular complexity index is 851.